The van der Waals surface area contributed by atoms with E-state index in [4.69, 9.17) is 4.74 Å². The van der Waals surface area contributed by atoms with Crippen molar-refractivity contribution in [2.24, 2.45) is 0 Å². The molecule has 2 aromatic heterocycles. The van der Waals surface area contributed by atoms with Crippen LogP contribution in [0.15, 0.2) is 47.3 Å². The third kappa shape index (κ3) is 4.57. The van der Waals surface area contributed by atoms with E-state index < -0.39 is 42.5 Å². The van der Waals surface area contributed by atoms with Crippen LogP contribution in [-0.2, 0) is 30.2 Å². The van der Waals surface area contributed by atoms with Crippen molar-refractivity contribution < 1.29 is 35.9 Å². The fraction of sp³-hybridized carbons (Fsp3) is 0.238. The number of alkyl halides is 6. The Morgan fingerprint density at radius 3 is 2.31 bits per heavy atom. The highest BCUT2D eigenvalue weighted by atomic mass is 32.1. The quantitative estimate of drug-likeness (QED) is 0.455. The summed E-state index contributed by atoms with van der Waals surface area (Å²) in [6.45, 7) is -0.963. The van der Waals surface area contributed by atoms with Crippen LogP contribution >= 0.6 is 11.3 Å². The first kappa shape index (κ1) is 22.1. The second-order valence-corrected chi connectivity index (χ2v) is 7.89. The molecule has 0 aliphatic carbocycles. The zero-order valence-corrected chi connectivity index (χ0v) is 16.9. The molecular formula is C21H14F6N2O2S. The van der Waals surface area contributed by atoms with Gasteiger partial charge in [0.15, 0.2) is 6.61 Å². The summed E-state index contributed by atoms with van der Waals surface area (Å²) < 4.78 is 84.6. The van der Waals surface area contributed by atoms with E-state index >= 15 is 0 Å². The Balaban J connectivity index is 1.72. The van der Waals surface area contributed by atoms with Crippen molar-refractivity contribution in [2.75, 3.05) is 6.61 Å². The van der Waals surface area contributed by atoms with E-state index in [9.17, 15) is 31.1 Å². The van der Waals surface area contributed by atoms with E-state index in [1.165, 1.54) is 22.4 Å². The lowest BCUT2D eigenvalue weighted by molar-refractivity contribution is -0.143. The van der Waals surface area contributed by atoms with Crippen molar-refractivity contribution in [1.29, 1.82) is 0 Å². The van der Waals surface area contributed by atoms with Gasteiger partial charge < -0.3 is 9.64 Å². The summed E-state index contributed by atoms with van der Waals surface area (Å²) in [4.78, 5) is 17.9. The minimum absolute atomic E-state index is 0.0603. The summed E-state index contributed by atoms with van der Waals surface area (Å²) in [5.74, 6) is -0.380. The highest BCUT2D eigenvalue weighted by Crippen LogP contribution is 2.37. The third-order valence-electron chi connectivity index (χ3n) is 4.90. The molecule has 0 spiro atoms. The number of fused-ring (bicyclic) bond motifs is 1. The molecule has 0 atom stereocenters. The Bertz CT molecular complexity index is 1110. The lowest BCUT2D eigenvalue weighted by Gasteiger charge is -2.22. The molecule has 0 N–H and O–H groups in total. The Morgan fingerprint density at radius 1 is 1.03 bits per heavy atom. The van der Waals surface area contributed by atoms with Crippen LogP contribution in [0.1, 0.15) is 22.3 Å². The highest BCUT2D eigenvalue weighted by Gasteiger charge is 2.37. The van der Waals surface area contributed by atoms with Crippen molar-refractivity contribution >= 4 is 17.2 Å². The second-order valence-electron chi connectivity index (χ2n) is 7.11. The van der Waals surface area contributed by atoms with E-state index in [0.717, 1.165) is 11.1 Å². The molecule has 3 heterocycles. The van der Waals surface area contributed by atoms with Gasteiger partial charge in [-0.1, -0.05) is 0 Å². The number of hydrogen-bond acceptors (Lipinski definition) is 4. The van der Waals surface area contributed by atoms with Crippen molar-refractivity contribution in [1.82, 2.24) is 9.88 Å². The van der Waals surface area contributed by atoms with Crippen LogP contribution in [0.5, 0.6) is 5.88 Å². The maximum absolute atomic E-state index is 13.2. The fourth-order valence-corrected chi connectivity index (χ4v) is 4.07. The Labute approximate surface area is 182 Å². The second kappa shape index (κ2) is 8.12. The van der Waals surface area contributed by atoms with E-state index in [2.05, 4.69) is 4.98 Å². The first-order valence-corrected chi connectivity index (χ1v) is 10.2. The number of hydrogen-bond donors (Lipinski definition) is 0. The summed E-state index contributed by atoms with van der Waals surface area (Å²) in [5, 5.41) is 3.72. The number of halogens is 6. The molecule has 0 saturated heterocycles. The minimum Gasteiger partial charge on any atom is -0.467 e. The molecular weight excluding hydrogens is 458 g/mol. The lowest BCUT2D eigenvalue weighted by Crippen LogP contribution is -2.32. The van der Waals surface area contributed by atoms with Gasteiger partial charge in [0.1, 0.15) is 0 Å². The van der Waals surface area contributed by atoms with E-state index in [0.29, 0.717) is 17.7 Å². The highest BCUT2D eigenvalue weighted by molar-refractivity contribution is 7.08. The van der Waals surface area contributed by atoms with Crippen LogP contribution in [0.4, 0.5) is 26.3 Å². The number of pyridine rings is 1. The number of thiophene rings is 1. The number of aromatic nitrogens is 1. The molecule has 168 valence electrons. The van der Waals surface area contributed by atoms with E-state index in [1.54, 1.807) is 6.07 Å². The molecule has 1 aliphatic heterocycles. The molecule has 1 aromatic carbocycles. The third-order valence-corrected chi connectivity index (χ3v) is 5.59. The lowest BCUT2D eigenvalue weighted by atomic mass is 10.0. The predicted octanol–water partition coefficient (Wildman–Crippen LogP) is 5.77. The molecule has 0 radical (unpaired) electrons. The normalized spacial score (nSPS) is 14.7. The van der Waals surface area contributed by atoms with Gasteiger partial charge in [-0.2, -0.15) is 37.7 Å². The van der Waals surface area contributed by atoms with Crippen molar-refractivity contribution in [3.8, 4) is 17.0 Å². The Morgan fingerprint density at radius 2 is 1.72 bits per heavy atom. The number of carbonyl (C=O) groups is 1. The Hall–Kier alpha value is -3.08. The SMILES string of the molecule is O=C1COc2nccc(-c3ccsc3)c2CN1Cc1cc(C(F)(F)F)cc(C(F)(F)F)c1. The van der Waals surface area contributed by atoms with Crippen LogP contribution in [0.3, 0.4) is 0 Å². The molecule has 11 heteroatoms. The smallest absolute Gasteiger partial charge is 0.416 e. The van der Waals surface area contributed by atoms with Gasteiger partial charge in [0.25, 0.3) is 5.91 Å². The zero-order valence-electron chi connectivity index (χ0n) is 16.1. The first-order valence-electron chi connectivity index (χ1n) is 9.22. The summed E-state index contributed by atoms with van der Waals surface area (Å²) in [6.07, 6.45) is -8.43. The zero-order chi connectivity index (χ0) is 23.1. The molecule has 3 aromatic rings. The molecule has 0 bridgehead atoms. The number of rotatable bonds is 3. The fourth-order valence-electron chi connectivity index (χ4n) is 3.41. The van der Waals surface area contributed by atoms with Crippen molar-refractivity contribution in [2.45, 2.75) is 25.4 Å². The summed E-state index contributed by atoms with van der Waals surface area (Å²) in [5.41, 5.74) is -1.06. The predicted molar refractivity (Wildman–Crippen MR) is 104 cm³/mol. The average Bonchev–Trinajstić information content (AvgIpc) is 3.20. The molecule has 4 nitrogen and oxygen atoms in total. The summed E-state index contributed by atoms with van der Waals surface area (Å²) in [7, 11) is 0. The molecule has 0 saturated carbocycles. The topological polar surface area (TPSA) is 42.4 Å². The van der Waals surface area contributed by atoms with Crippen LogP contribution in [0.2, 0.25) is 0 Å². The van der Waals surface area contributed by atoms with Gasteiger partial charge in [-0.25, -0.2) is 4.98 Å². The molecule has 32 heavy (non-hydrogen) atoms. The molecule has 0 fully saturated rings. The largest absolute Gasteiger partial charge is 0.467 e. The minimum atomic E-state index is -4.97. The number of benzene rings is 1. The molecule has 1 amide bonds. The summed E-state index contributed by atoms with van der Waals surface area (Å²) in [6, 6.07) is 4.87. The van der Waals surface area contributed by atoms with Gasteiger partial charge in [0.05, 0.1) is 17.7 Å². The van der Waals surface area contributed by atoms with Gasteiger partial charge in [0.2, 0.25) is 5.88 Å². The number of nitrogens with zero attached hydrogens (tertiary/aromatic N) is 2. The number of amides is 1. The van der Waals surface area contributed by atoms with Crippen LogP contribution in [-0.4, -0.2) is 22.4 Å². The van der Waals surface area contributed by atoms with Crippen LogP contribution in [0, 0.1) is 0 Å². The van der Waals surface area contributed by atoms with Gasteiger partial charge in [-0.15, -0.1) is 0 Å². The van der Waals surface area contributed by atoms with E-state index in [1.807, 2.05) is 16.8 Å². The maximum atomic E-state index is 13.2. The maximum Gasteiger partial charge on any atom is 0.416 e. The van der Waals surface area contributed by atoms with Gasteiger partial charge in [-0.05, 0) is 57.8 Å². The van der Waals surface area contributed by atoms with Crippen LogP contribution < -0.4 is 4.74 Å². The van der Waals surface area contributed by atoms with Gasteiger partial charge >= 0.3 is 12.4 Å². The Kier molecular flexibility index (Phi) is 5.61. The number of ether oxygens (including phenoxy) is 1. The van der Waals surface area contributed by atoms with Gasteiger partial charge in [0, 0.05) is 18.3 Å². The number of carbonyl (C=O) groups excluding carboxylic acids is 1. The summed E-state index contributed by atoms with van der Waals surface area (Å²) >= 11 is 1.45. The van der Waals surface area contributed by atoms with E-state index in [-0.39, 0.29) is 24.1 Å². The van der Waals surface area contributed by atoms with Crippen molar-refractivity contribution in [3.05, 3.63) is 69.5 Å². The van der Waals surface area contributed by atoms with Crippen LogP contribution in [0.25, 0.3) is 11.1 Å². The molecule has 0 unspecified atom stereocenters. The average molecular weight is 472 g/mol. The monoisotopic (exact) mass is 472 g/mol. The molecule has 4 rings (SSSR count). The first-order chi connectivity index (χ1) is 15.0. The van der Waals surface area contributed by atoms with Gasteiger partial charge in [-0.3, -0.25) is 4.79 Å². The van der Waals surface area contributed by atoms with Crippen molar-refractivity contribution in [3.63, 3.8) is 0 Å². The molecule has 1 aliphatic rings. The standard InChI is InChI=1S/C21H14F6N2O2S/c22-20(23,24)14-5-12(6-15(7-14)21(25,26)27)8-29-9-17-16(13-2-4-32-11-13)1-3-28-19(17)31-10-18(29)30/h1-7,11H,8-10H2.